The molecule has 84 valence electrons. The van der Waals surface area contributed by atoms with Crippen molar-refractivity contribution in [3.8, 4) is 0 Å². The Morgan fingerprint density at radius 2 is 2.20 bits per heavy atom. The van der Waals surface area contributed by atoms with Gasteiger partial charge in [-0.15, -0.1) is 0 Å². The molecule has 1 N–H and O–H groups in total. The van der Waals surface area contributed by atoms with Crippen LogP contribution in [0.3, 0.4) is 0 Å². The molecule has 4 heteroatoms. The average molecular weight is 210 g/mol. The van der Waals surface area contributed by atoms with Gasteiger partial charge in [0, 0.05) is 6.54 Å². The molecule has 0 saturated heterocycles. The summed E-state index contributed by atoms with van der Waals surface area (Å²) in [6.45, 7) is 6.53. The predicted molar refractivity (Wildman–Crippen MR) is 57.9 cm³/mol. The molecule has 0 fully saturated rings. The highest BCUT2D eigenvalue weighted by atomic mass is 16.5. The molecule has 15 heavy (non-hydrogen) atoms. The van der Waals surface area contributed by atoms with E-state index in [1.54, 1.807) is 6.92 Å². The van der Waals surface area contributed by atoms with Gasteiger partial charge in [-0.05, 0) is 19.8 Å². The van der Waals surface area contributed by atoms with Crippen molar-refractivity contribution < 1.29 is 9.32 Å². The molecular weight excluding hydrogens is 192 g/mol. The number of nitrogens with one attached hydrogen (secondary N) is 1. The highest BCUT2D eigenvalue weighted by molar-refractivity contribution is 5.96. The number of aromatic nitrogens is 1. The van der Waals surface area contributed by atoms with Crippen molar-refractivity contribution in [1.29, 1.82) is 0 Å². The Morgan fingerprint density at radius 3 is 2.80 bits per heavy atom. The second-order valence-electron chi connectivity index (χ2n) is 3.52. The topological polar surface area (TPSA) is 55.1 Å². The first-order valence-electron chi connectivity index (χ1n) is 5.44. The average Bonchev–Trinajstić information content (AvgIpc) is 2.59. The van der Waals surface area contributed by atoms with E-state index < -0.39 is 0 Å². The Hall–Kier alpha value is -1.32. The van der Waals surface area contributed by atoms with Gasteiger partial charge in [-0.25, -0.2) is 0 Å². The van der Waals surface area contributed by atoms with E-state index in [1.807, 2.05) is 6.92 Å². The van der Waals surface area contributed by atoms with Gasteiger partial charge in [0.05, 0.1) is 5.69 Å². The summed E-state index contributed by atoms with van der Waals surface area (Å²) in [4.78, 5) is 11.8. The Labute approximate surface area is 90.0 Å². The van der Waals surface area contributed by atoms with Crippen LogP contribution in [0.5, 0.6) is 0 Å². The van der Waals surface area contributed by atoms with Crippen molar-refractivity contribution in [3.63, 3.8) is 0 Å². The number of aryl methyl sites for hydroxylation is 2. The number of hydrogen-bond acceptors (Lipinski definition) is 3. The number of carbonyl (C=O) groups is 1. The Morgan fingerprint density at radius 1 is 1.47 bits per heavy atom. The van der Waals surface area contributed by atoms with E-state index >= 15 is 0 Å². The molecule has 0 bridgehead atoms. The van der Waals surface area contributed by atoms with Gasteiger partial charge in [-0.1, -0.05) is 25.4 Å². The minimum atomic E-state index is -0.0703. The number of rotatable bonds is 5. The van der Waals surface area contributed by atoms with E-state index in [1.165, 1.54) is 0 Å². The summed E-state index contributed by atoms with van der Waals surface area (Å²) in [6, 6.07) is 0. The molecule has 0 atom stereocenters. The van der Waals surface area contributed by atoms with Gasteiger partial charge >= 0.3 is 0 Å². The van der Waals surface area contributed by atoms with E-state index in [4.69, 9.17) is 4.52 Å². The molecule has 4 nitrogen and oxygen atoms in total. The molecule has 0 aromatic carbocycles. The fraction of sp³-hybridized carbons (Fsp3) is 0.636. The summed E-state index contributed by atoms with van der Waals surface area (Å²) >= 11 is 0. The van der Waals surface area contributed by atoms with Crippen LogP contribution in [0.15, 0.2) is 4.52 Å². The van der Waals surface area contributed by atoms with Gasteiger partial charge in [-0.2, -0.15) is 0 Å². The fourth-order valence-electron chi connectivity index (χ4n) is 1.42. The molecule has 1 aromatic rings. The number of hydrogen-bond donors (Lipinski definition) is 1. The van der Waals surface area contributed by atoms with E-state index in [-0.39, 0.29) is 5.91 Å². The van der Waals surface area contributed by atoms with E-state index in [2.05, 4.69) is 17.4 Å². The van der Waals surface area contributed by atoms with Crippen LogP contribution >= 0.6 is 0 Å². The summed E-state index contributed by atoms with van der Waals surface area (Å²) in [6.07, 6.45) is 2.79. The molecule has 1 amide bonds. The molecule has 1 heterocycles. The smallest absolute Gasteiger partial charge is 0.256 e. The molecule has 0 radical (unpaired) electrons. The van der Waals surface area contributed by atoms with Gasteiger partial charge in [0.25, 0.3) is 5.91 Å². The van der Waals surface area contributed by atoms with Crippen molar-refractivity contribution in [1.82, 2.24) is 10.5 Å². The van der Waals surface area contributed by atoms with Gasteiger partial charge in [-0.3, -0.25) is 4.79 Å². The Balaban J connectivity index is 2.67. The van der Waals surface area contributed by atoms with Gasteiger partial charge in [0.15, 0.2) is 0 Å². The number of amides is 1. The largest absolute Gasteiger partial charge is 0.361 e. The summed E-state index contributed by atoms with van der Waals surface area (Å²) < 4.78 is 5.00. The monoisotopic (exact) mass is 210 g/mol. The van der Waals surface area contributed by atoms with Crippen LogP contribution in [0.1, 0.15) is 48.5 Å². The molecule has 0 aliphatic rings. The van der Waals surface area contributed by atoms with Crippen molar-refractivity contribution in [3.05, 3.63) is 17.0 Å². The SMILES string of the molecule is CCCCNC(=O)c1c(CC)noc1C. The third kappa shape index (κ3) is 2.81. The van der Waals surface area contributed by atoms with E-state index in [9.17, 15) is 4.79 Å². The molecule has 0 aliphatic heterocycles. The molecule has 0 unspecified atom stereocenters. The van der Waals surface area contributed by atoms with Crippen molar-refractivity contribution >= 4 is 5.91 Å². The quantitative estimate of drug-likeness (QED) is 0.757. The van der Waals surface area contributed by atoms with Crippen LogP contribution < -0.4 is 5.32 Å². The van der Waals surface area contributed by atoms with Crippen molar-refractivity contribution in [2.24, 2.45) is 0 Å². The van der Waals surface area contributed by atoms with Crippen LogP contribution in [0.25, 0.3) is 0 Å². The van der Waals surface area contributed by atoms with Gasteiger partial charge in [0.2, 0.25) is 0 Å². The summed E-state index contributed by atoms with van der Waals surface area (Å²) in [5.74, 6) is 0.528. The molecule has 0 aliphatic carbocycles. The third-order valence-corrected chi connectivity index (χ3v) is 2.31. The first kappa shape index (κ1) is 11.8. The summed E-state index contributed by atoms with van der Waals surface area (Å²) in [7, 11) is 0. The maximum atomic E-state index is 11.8. The number of nitrogens with zero attached hydrogens (tertiary/aromatic N) is 1. The molecule has 0 saturated carbocycles. The Bertz CT molecular complexity index is 331. The zero-order valence-electron chi connectivity index (χ0n) is 9.59. The maximum Gasteiger partial charge on any atom is 0.256 e. The maximum absolute atomic E-state index is 11.8. The standard InChI is InChI=1S/C11H18N2O2/c1-4-6-7-12-11(14)10-8(3)15-13-9(10)5-2/h4-7H2,1-3H3,(H,12,14). The first-order chi connectivity index (χ1) is 7.20. The third-order valence-electron chi connectivity index (χ3n) is 2.31. The summed E-state index contributed by atoms with van der Waals surface area (Å²) in [5.41, 5.74) is 1.34. The van der Waals surface area contributed by atoms with Crippen molar-refractivity contribution in [2.45, 2.75) is 40.0 Å². The lowest BCUT2D eigenvalue weighted by Crippen LogP contribution is -2.25. The van der Waals surface area contributed by atoms with E-state index in [0.717, 1.165) is 18.5 Å². The number of unbranched alkanes of at least 4 members (excludes halogenated alkanes) is 1. The molecule has 1 rings (SSSR count). The lowest BCUT2D eigenvalue weighted by Gasteiger charge is -2.03. The van der Waals surface area contributed by atoms with Crippen molar-refractivity contribution in [2.75, 3.05) is 6.54 Å². The normalized spacial score (nSPS) is 10.3. The molecule has 0 spiro atoms. The zero-order valence-corrected chi connectivity index (χ0v) is 9.59. The van der Waals surface area contributed by atoms with Crippen LogP contribution in [-0.4, -0.2) is 17.6 Å². The lowest BCUT2D eigenvalue weighted by atomic mass is 10.1. The summed E-state index contributed by atoms with van der Waals surface area (Å²) in [5, 5.41) is 6.71. The first-order valence-corrected chi connectivity index (χ1v) is 5.44. The molecular formula is C11H18N2O2. The minimum absolute atomic E-state index is 0.0703. The van der Waals surface area contributed by atoms with Crippen LogP contribution in [0, 0.1) is 6.92 Å². The fourth-order valence-corrected chi connectivity index (χ4v) is 1.42. The van der Waals surface area contributed by atoms with E-state index in [0.29, 0.717) is 24.3 Å². The highest BCUT2D eigenvalue weighted by Gasteiger charge is 2.18. The van der Waals surface area contributed by atoms with Gasteiger partial charge in [0.1, 0.15) is 11.3 Å². The second-order valence-corrected chi connectivity index (χ2v) is 3.52. The predicted octanol–water partition coefficient (Wildman–Crippen LogP) is 2.08. The second kappa shape index (κ2) is 5.53. The van der Waals surface area contributed by atoms with Crippen LogP contribution in [0.2, 0.25) is 0 Å². The van der Waals surface area contributed by atoms with Crippen LogP contribution in [0.4, 0.5) is 0 Å². The van der Waals surface area contributed by atoms with Gasteiger partial charge < -0.3 is 9.84 Å². The minimum Gasteiger partial charge on any atom is -0.361 e. The lowest BCUT2D eigenvalue weighted by molar-refractivity contribution is 0.0951. The zero-order chi connectivity index (χ0) is 11.3. The van der Waals surface area contributed by atoms with Crippen LogP contribution in [-0.2, 0) is 6.42 Å². The molecule has 1 aromatic heterocycles. The Kier molecular flexibility index (Phi) is 4.34. The number of carbonyl (C=O) groups excluding carboxylic acids is 1. The highest BCUT2D eigenvalue weighted by Crippen LogP contribution is 2.13.